The number of aryl methyl sites for hydroxylation is 1. The highest BCUT2D eigenvalue weighted by Crippen LogP contribution is 2.44. The molecular formula is C27H39NO6S. The van der Waals surface area contributed by atoms with Gasteiger partial charge in [0.2, 0.25) is 0 Å². The number of ether oxygens (including phenoxy) is 2. The Bertz CT molecular complexity index is 998. The third-order valence-corrected chi connectivity index (χ3v) is 8.30. The molecule has 2 aliphatic heterocycles. The molecular weight excluding hydrogens is 466 g/mol. The molecule has 3 rings (SSSR count). The summed E-state index contributed by atoms with van der Waals surface area (Å²) in [6.45, 7) is 12.6. The normalized spacial score (nSPS) is 37.0. The molecule has 1 unspecified atom stereocenters. The maximum atomic E-state index is 13.2. The summed E-state index contributed by atoms with van der Waals surface area (Å²) < 4.78 is 11.9. The number of nitrogens with zero attached hydrogens (tertiary/aromatic N) is 1. The van der Waals surface area contributed by atoms with Gasteiger partial charge in [-0.1, -0.05) is 39.8 Å². The number of aliphatic hydroxyl groups is 2. The molecule has 0 saturated carbocycles. The van der Waals surface area contributed by atoms with Gasteiger partial charge >= 0.3 is 5.97 Å². The van der Waals surface area contributed by atoms with Gasteiger partial charge in [-0.3, -0.25) is 9.59 Å². The van der Waals surface area contributed by atoms with Gasteiger partial charge < -0.3 is 19.7 Å². The number of aromatic nitrogens is 1. The molecule has 0 spiro atoms. The van der Waals surface area contributed by atoms with Crippen LogP contribution in [0.25, 0.3) is 6.08 Å². The molecule has 0 bridgehead atoms. The van der Waals surface area contributed by atoms with Crippen molar-refractivity contribution in [3.05, 3.63) is 33.8 Å². The van der Waals surface area contributed by atoms with Crippen LogP contribution in [-0.2, 0) is 19.1 Å². The van der Waals surface area contributed by atoms with Crippen LogP contribution in [0.5, 0.6) is 0 Å². The van der Waals surface area contributed by atoms with E-state index in [1.807, 2.05) is 51.3 Å². The molecule has 7 atom stereocenters. The number of rotatable bonds is 2. The number of hydrogen-bond acceptors (Lipinski definition) is 8. The number of aliphatic hydroxyl groups excluding tert-OH is 2. The first-order chi connectivity index (χ1) is 16.2. The van der Waals surface area contributed by atoms with E-state index < -0.39 is 35.6 Å². The van der Waals surface area contributed by atoms with E-state index in [1.165, 1.54) is 0 Å². The molecule has 1 aromatic heterocycles. The van der Waals surface area contributed by atoms with E-state index in [2.05, 4.69) is 4.98 Å². The third kappa shape index (κ3) is 6.47. The third-order valence-electron chi connectivity index (χ3n) is 7.51. The Morgan fingerprint density at radius 3 is 2.54 bits per heavy atom. The van der Waals surface area contributed by atoms with Crippen molar-refractivity contribution in [2.24, 2.45) is 17.3 Å². The summed E-state index contributed by atoms with van der Waals surface area (Å²) in [5.74, 6) is -1.83. The monoisotopic (exact) mass is 505 g/mol. The quantitative estimate of drug-likeness (QED) is 0.351. The molecule has 0 amide bonds. The van der Waals surface area contributed by atoms with E-state index in [0.29, 0.717) is 12.8 Å². The van der Waals surface area contributed by atoms with Crippen LogP contribution in [-0.4, -0.2) is 57.0 Å². The zero-order valence-electron chi connectivity index (χ0n) is 21.8. The number of esters is 1. The van der Waals surface area contributed by atoms with Crippen LogP contribution in [0.15, 0.2) is 23.1 Å². The molecule has 0 aromatic carbocycles. The van der Waals surface area contributed by atoms with Crippen LogP contribution >= 0.6 is 11.3 Å². The first kappa shape index (κ1) is 27.7. The largest absolute Gasteiger partial charge is 0.458 e. The number of thiazole rings is 1. The predicted octanol–water partition coefficient (Wildman–Crippen LogP) is 4.25. The van der Waals surface area contributed by atoms with Crippen molar-refractivity contribution in [1.82, 2.24) is 4.98 Å². The van der Waals surface area contributed by atoms with Gasteiger partial charge in [0.05, 0.1) is 46.5 Å². The van der Waals surface area contributed by atoms with E-state index >= 15 is 0 Å². The number of hydrogen-bond donors (Lipinski definition) is 2. The van der Waals surface area contributed by atoms with E-state index in [-0.39, 0.29) is 29.8 Å². The van der Waals surface area contributed by atoms with Crippen molar-refractivity contribution >= 4 is 29.2 Å². The lowest BCUT2D eigenvalue weighted by Crippen LogP contribution is -2.45. The minimum absolute atomic E-state index is 0.0968. The van der Waals surface area contributed by atoms with Gasteiger partial charge in [-0.2, -0.15) is 0 Å². The average Bonchev–Trinajstić information content (AvgIpc) is 3.22. The Kier molecular flexibility index (Phi) is 8.41. The highest BCUT2D eigenvalue weighted by molar-refractivity contribution is 7.09. The maximum Gasteiger partial charge on any atom is 0.309 e. The van der Waals surface area contributed by atoms with E-state index in [9.17, 15) is 19.8 Å². The van der Waals surface area contributed by atoms with E-state index in [0.717, 1.165) is 16.3 Å². The molecule has 3 heterocycles. The average molecular weight is 506 g/mol. The molecule has 0 aliphatic carbocycles. The van der Waals surface area contributed by atoms with Crippen LogP contribution in [0.2, 0.25) is 0 Å². The van der Waals surface area contributed by atoms with Gasteiger partial charge in [-0.05, 0) is 38.8 Å². The van der Waals surface area contributed by atoms with Crippen LogP contribution in [0, 0.1) is 24.2 Å². The summed E-state index contributed by atoms with van der Waals surface area (Å²) in [7, 11) is 0. The molecule has 1 aromatic rings. The Morgan fingerprint density at radius 2 is 1.91 bits per heavy atom. The van der Waals surface area contributed by atoms with Crippen molar-refractivity contribution in [3.8, 4) is 0 Å². The fraction of sp³-hybridized carbons (Fsp3) is 0.667. The maximum absolute atomic E-state index is 13.2. The number of carbonyl (C=O) groups excluding carboxylic acids is 2. The summed E-state index contributed by atoms with van der Waals surface area (Å²) in [6.07, 6.45) is 3.84. The van der Waals surface area contributed by atoms with Crippen molar-refractivity contribution < 1.29 is 29.3 Å². The Balaban J connectivity index is 1.89. The van der Waals surface area contributed by atoms with Gasteiger partial charge in [-0.15, -0.1) is 11.3 Å². The van der Waals surface area contributed by atoms with Gasteiger partial charge in [0, 0.05) is 23.6 Å². The molecule has 194 valence electrons. The highest BCUT2D eigenvalue weighted by atomic mass is 32.1. The number of epoxide rings is 1. The van der Waals surface area contributed by atoms with E-state index in [1.54, 1.807) is 32.1 Å². The minimum atomic E-state index is -1.25. The number of Topliss-reactive ketones (excluding diaryl/α,β-unsaturated/α-hetero) is 1. The number of cyclic esters (lactones) is 1. The van der Waals surface area contributed by atoms with Crippen molar-refractivity contribution in [2.45, 2.75) is 97.7 Å². The van der Waals surface area contributed by atoms with E-state index in [4.69, 9.17) is 9.47 Å². The van der Waals surface area contributed by atoms with Crippen molar-refractivity contribution in [2.75, 3.05) is 0 Å². The SMILES string of the molecule is CC(=Cc1csc(C)n1)[C@@H]1CC2O[C@@]2(C)CC=C[C@H](C)[C@H](O)[C@@H](C)C(=O)C(C)(C)[C@@H](O)CC(=O)O1. The highest BCUT2D eigenvalue weighted by Gasteiger charge is 2.52. The number of ketones is 1. The molecule has 0 radical (unpaired) electrons. The molecule has 2 N–H and O–H groups in total. The van der Waals surface area contributed by atoms with Gasteiger partial charge in [0.25, 0.3) is 0 Å². The smallest absolute Gasteiger partial charge is 0.309 e. The summed E-state index contributed by atoms with van der Waals surface area (Å²) in [4.78, 5) is 30.6. The lowest BCUT2D eigenvalue weighted by molar-refractivity contribution is -0.154. The van der Waals surface area contributed by atoms with Crippen LogP contribution in [0.1, 0.15) is 71.5 Å². The fourth-order valence-corrected chi connectivity index (χ4v) is 5.24. The van der Waals surface area contributed by atoms with Gasteiger partial charge in [0.15, 0.2) is 0 Å². The lowest BCUT2D eigenvalue weighted by Gasteiger charge is -2.34. The Labute approximate surface area is 212 Å². The zero-order chi connectivity index (χ0) is 26.1. The molecule has 2 aliphatic rings. The Hall–Kier alpha value is -1.87. The first-order valence-corrected chi connectivity index (χ1v) is 13.2. The molecule has 1 saturated heterocycles. The van der Waals surface area contributed by atoms with Crippen molar-refractivity contribution in [3.63, 3.8) is 0 Å². The predicted molar refractivity (Wildman–Crippen MR) is 136 cm³/mol. The summed E-state index contributed by atoms with van der Waals surface area (Å²) >= 11 is 1.55. The van der Waals surface area contributed by atoms with Crippen LogP contribution < -0.4 is 0 Å². The van der Waals surface area contributed by atoms with Crippen molar-refractivity contribution in [1.29, 1.82) is 0 Å². The molecule has 1 fully saturated rings. The number of fused-ring (bicyclic) bond motifs is 1. The van der Waals surface area contributed by atoms with Crippen LogP contribution in [0.3, 0.4) is 0 Å². The Morgan fingerprint density at radius 1 is 1.23 bits per heavy atom. The summed E-state index contributed by atoms with van der Waals surface area (Å²) in [6, 6.07) is 0. The lowest BCUT2D eigenvalue weighted by atomic mass is 9.73. The fourth-order valence-electron chi connectivity index (χ4n) is 4.67. The molecule has 35 heavy (non-hydrogen) atoms. The second-order valence-electron chi connectivity index (χ2n) is 10.9. The standard InChI is InChI=1S/C27H39NO6S/c1-15-9-8-10-27(7)22(34-27)12-20(16(2)11-19-14-35-18(4)28-19)33-23(30)13-21(29)26(5,6)25(32)17(3)24(15)31/h8-9,11,14-15,17,20-22,24,29,31H,10,12-13H2,1-7H3/t15-,17+,20-,21-,22?,24-,27-/m0/s1. The minimum Gasteiger partial charge on any atom is -0.458 e. The molecule has 7 nitrogen and oxygen atoms in total. The van der Waals surface area contributed by atoms with Gasteiger partial charge in [0.1, 0.15) is 11.9 Å². The first-order valence-electron chi connectivity index (χ1n) is 12.3. The zero-order valence-corrected chi connectivity index (χ0v) is 22.6. The number of carbonyl (C=O) groups is 2. The van der Waals surface area contributed by atoms with Crippen LogP contribution in [0.4, 0.5) is 0 Å². The summed E-state index contributed by atoms with van der Waals surface area (Å²) in [5.41, 5.74) is 0.0391. The molecule has 8 heteroatoms. The van der Waals surface area contributed by atoms with Gasteiger partial charge in [-0.25, -0.2) is 4.98 Å². The second kappa shape index (κ2) is 10.6. The second-order valence-corrected chi connectivity index (χ2v) is 12.0. The summed E-state index contributed by atoms with van der Waals surface area (Å²) in [5, 5.41) is 24.5. The topological polar surface area (TPSA) is 109 Å².